The van der Waals surface area contributed by atoms with E-state index in [0.717, 1.165) is 17.7 Å². The zero-order valence-corrected chi connectivity index (χ0v) is 29.4. The first kappa shape index (κ1) is 37.9. The molecule has 1 aromatic carbocycles. The molecule has 1 aromatic rings. The Bertz CT molecular complexity index is 1530. The second-order valence-corrected chi connectivity index (χ2v) is 14.5. The van der Waals surface area contributed by atoms with Crippen LogP contribution in [-0.2, 0) is 28.5 Å². The van der Waals surface area contributed by atoms with Gasteiger partial charge in [-0.2, -0.15) is 0 Å². The number of hydrogen-bond donors (Lipinski definition) is 5. The third kappa shape index (κ3) is 6.94. The largest absolute Gasteiger partial charge is 0.462 e. The SMILES string of the molecule is C=C1CCC2[C@](C)(CC[C@@H](OC3OC(CO)C(O)C(O)C3O)[C@@]2(C)CO)C1C=CC1=CC(=C(C(=O)OCC)c2ccc(N(C)C)cc2)OC1=O. The van der Waals surface area contributed by atoms with Gasteiger partial charge in [0.1, 0.15) is 35.7 Å². The molecule has 2 aliphatic carbocycles. The van der Waals surface area contributed by atoms with Gasteiger partial charge in [-0.15, -0.1) is 0 Å². The number of fused-ring (bicyclic) bond motifs is 1. The number of esters is 2. The average molecular weight is 698 g/mol. The Labute approximate surface area is 293 Å². The Kier molecular flexibility index (Phi) is 11.4. The molecule has 274 valence electrons. The number of hydrogen-bond acceptors (Lipinski definition) is 12. The maximum atomic E-state index is 13.2. The summed E-state index contributed by atoms with van der Waals surface area (Å²) in [6.45, 7) is 9.54. The molecule has 0 bridgehead atoms. The van der Waals surface area contributed by atoms with Crippen molar-refractivity contribution in [1.29, 1.82) is 0 Å². The van der Waals surface area contributed by atoms with Gasteiger partial charge in [-0.1, -0.05) is 50.3 Å². The van der Waals surface area contributed by atoms with Crippen LogP contribution in [0.25, 0.3) is 5.57 Å². The Morgan fingerprint density at radius 2 is 1.78 bits per heavy atom. The number of aliphatic hydroxyl groups is 5. The minimum atomic E-state index is -1.57. The third-order valence-corrected chi connectivity index (χ3v) is 11.3. The van der Waals surface area contributed by atoms with Gasteiger partial charge in [-0.25, -0.2) is 9.59 Å². The zero-order chi connectivity index (χ0) is 36.5. The molecular formula is C38H51NO11. The van der Waals surface area contributed by atoms with E-state index >= 15 is 0 Å². The first-order valence-corrected chi connectivity index (χ1v) is 17.3. The van der Waals surface area contributed by atoms with Crippen molar-refractivity contribution in [3.05, 3.63) is 71.5 Å². The van der Waals surface area contributed by atoms with Crippen LogP contribution in [0.3, 0.4) is 0 Å². The van der Waals surface area contributed by atoms with E-state index in [4.69, 9.17) is 18.9 Å². The van der Waals surface area contributed by atoms with Crippen LogP contribution in [0.2, 0.25) is 0 Å². The fraction of sp³-hybridized carbons (Fsp3) is 0.579. The topological polar surface area (TPSA) is 175 Å². The highest BCUT2D eigenvalue weighted by atomic mass is 16.7. The molecule has 5 N–H and O–H groups in total. The van der Waals surface area contributed by atoms with E-state index in [-0.39, 0.29) is 42.0 Å². The van der Waals surface area contributed by atoms with Gasteiger partial charge in [-0.05, 0) is 67.7 Å². The van der Waals surface area contributed by atoms with E-state index < -0.39 is 66.2 Å². The van der Waals surface area contributed by atoms with Gasteiger partial charge in [0, 0.05) is 31.1 Å². The lowest BCUT2D eigenvalue weighted by molar-refractivity contribution is -0.329. The number of carbonyl (C=O) groups excluding carboxylic acids is 2. The molecule has 12 nitrogen and oxygen atoms in total. The Balaban J connectivity index is 1.41. The standard InChI is InChI=1S/C38H51NO11/c1-7-47-35(46)30(22-9-12-24(13-10-22)39(5)6)26-18-23(34(45)48-26)11-14-25-21(2)8-15-28-37(25,3)17-16-29(38(28,4)20-41)50-36-33(44)32(43)31(42)27(19-40)49-36/h9-14,18,25,27-29,31-33,36,40-44H,2,7-8,15-17,19-20H2,1,3-6H3/t25?,27?,28?,29-,31?,32?,33?,36?,37-,38+/m1/s1. The molecule has 0 spiro atoms. The fourth-order valence-electron chi connectivity index (χ4n) is 8.36. The number of rotatable bonds is 10. The lowest BCUT2D eigenvalue weighted by atomic mass is 9.46. The van der Waals surface area contributed by atoms with Gasteiger partial charge in [0.25, 0.3) is 0 Å². The van der Waals surface area contributed by atoms with E-state index in [1.807, 2.05) is 44.1 Å². The Morgan fingerprint density at radius 1 is 1.08 bits per heavy atom. The van der Waals surface area contributed by atoms with Crippen LogP contribution in [0.15, 0.2) is 66.0 Å². The number of anilines is 1. The number of carbonyl (C=O) groups is 2. The van der Waals surface area contributed by atoms with Crippen LogP contribution in [0, 0.1) is 22.7 Å². The molecule has 2 aliphatic heterocycles. The van der Waals surface area contributed by atoms with Crippen LogP contribution in [0.1, 0.15) is 52.0 Å². The van der Waals surface area contributed by atoms with Crippen molar-refractivity contribution in [2.24, 2.45) is 22.7 Å². The highest BCUT2D eigenvalue weighted by Crippen LogP contribution is 2.62. The van der Waals surface area contributed by atoms with Crippen molar-refractivity contribution >= 4 is 23.2 Å². The summed E-state index contributed by atoms with van der Waals surface area (Å²) in [5.74, 6) is -1.34. The van der Waals surface area contributed by atoms with Gasteiger partial charge in [0.05, 0.1) is 31.5 Å². The lowest BCUT2D eigenvalue weighted by Gasteiger charge is -2.60. The predicted octanol–water partition coefficient (Wildman–Crippen LogP) is 2.63. The highest BCUT2D eigenvalue weighted by Gasteiger charge is 2.59. The Morgan fingerprint density at radius 3 is 2.40 bits per heavy atom. The molecule has 0 amide bonds. The monoisotopic (exact) mass is 697 g/mol. The van der Waals surface area contributed by atoms with Gasteiger partial charge < -0.3 is 49.4 Å². The molecule has 2 saturated carbocycles. The first-order chi connectivity index (χ1) is 23.7. The third-order valence-electron chi connectivity index (χ3n) is 11.3. The van der Waals surface area contributed by atoms with E-state index in [2.05, 4.69) is 13.5 Å². The summed E-state index contributed by atoms with van der Waals surface area (Å²) < 4.78 is 22.9. The smallest absolute Gasteiger partial charge is 0.343 e. The van der Waals surface area contributed by atoms with Crippen molar-refractivity contribution in [3.63, 3.8) is 0 Å². The number of nitrogens with zero attached hydrogens (tertiary/aromatic N) is 1. The van der Waals surface area contributed by atoms with Crippen molar-refractivity contribution in [3.8, 4) is 0 Å². The second kappa shape index (κ2) is 15.1. The van der Waals surface area contributed by atoms with E-state index in [0.29, 0.717) is 24.8 Å². The van der Waals surface area contributed by atoms with Crippen molar-refractivity contribution in [1.82, 2.24) is 0 Å². The summed E-state index contributed by atoms with van der Waals surface area (Å²) in [4.78, 5) is 28.2. The molecule has 3 fully saturated rings. The summed E-state index contributed by atoms with van der Waals surface area (Å²) in [5.41, 5.74) is 1.72. The number of cyclic esters (lactones) is 1. The summed E-state index contributed by atoms with van der Waals surface area (Å²) in [6, 6.07) is 7.30. The maximum absolute atomic E-state index is 13.2. The maximum Gasteiger partial charge on any atom is 0.343 e. The molecule has 5 rings (SSSR count). The van der Waals surface area contributed by atoms with Crippen LogP contribution in [0.4, 0.5) is 5.69 Å². The highest BCUT2D eigenvalue weighted by molar-refractivity contribution is 6.19. The second-order valence-electron chi connectivity index (χ2n) is 14.5. The first-order valence-electron chi connectivity index (χ1n) is 17.3. The molecule has 7 unspecified atom stereocenters. The van der Waals surface area contributed by atoms with Crippen molar-refractivity contribution in [2.75, 3.05) is 38.8 Å². The number of ether oxygens (including phenoxy) is 4. The van der Waals surface area contributed by atoms with Crippen LogP contribution in [-0.4, -0.2) is 108 Å². The van der Waals surface area contributed by atoms with E-state index in [9.17, 15) is 35.1 Å². The minimum absolute atomic E-state index is 0.0793. The molecule has 0 radical (unpaired) electrons. The Hall–Kier alpha value is -3.36. The normalized spacial score (nSPS) is 36.9. The average Bonchev–Trinajstić information content (AvgIpc) is 3.45. The van der Waals surface area contributed by atoms with Crippen molar-refractivity contribution in [2.45, 2.75) is 83.3 Å². The molecule has 50 heavy (non-hydrogen) atoms. The number of benzene rings is 1. The predicted molar refractivity (Wildman–Crippen MR) is 184 cm³/mol. The van der Waals surface area contributed by atoms with Gasteiger partial charge in [0.15, 0.2) is 6.29 Å². The quantitative estimate of drug-likeness (QED) is 0.105. The van der Waals surface area contributed by atoms with Gasteiger partial charge >= 0.3 is 11.9 Å². The van der Waals surface area contributed by atoms with E-state index in [1.165, 1.54) is 0 Å². The summed E-state index contributed by atoms with van der Waals surface area (Å²) in [6.07, 6.45) is 0.116. The molecule has 0 aromatic heterocycles. The summed E-state index contributed by atoms with van der Waals surface area (Å²) in [7, 11) is 3.83. The molecule has 12 heteroatoms. The molecular weight excluding hydrogens is 646 g/mol. The molecule has 4 aliphatic rings. The van der Waals surface area contributed by atoms with Crippen LogP contribution in [0.5, 0.6) is 0 Å². The fourth-order valence-corrected chi connectivity index (χ4v) is 8.36. The molecule has 2 heterocycles. The lowest BCUT2D eigenvalue weighted by Crippen LogP contribution is -2.63. The van der Waals surface area contributed by atoms with Crippen LogP contribution >= 0.6 is 0 Å². The van der Waals surface area contributed by atoms with Gasteiger partial charge in [-0.3, -0.25) is 0 Å². The number of aliphatic hydroxyl groups excluding tert-OH is 5. The minimum Gasteiger partial charge on any atom is -0.462 e. The summed E-state index contributed by atoms with van der Waals surface area (Å²) >= 11 is 0. The van der Waals surface area contributed by atoms with Crippen LogP contribution < -0.4 is 4.90 Å². The number of allylic oxidation sites excluding steroid dienone is 3. The van der Waals surface area contributed by atoms with E-state index in [1.54, 1.807) is 31.2 Å². The zero-order valence-electron chi connectivity index (χ0n) is 29.4. The molecule has 1 saturated heterocycles. The van der Waals surface area contributed by atoms with Gasteiger partial charge in [0.2, 0.25) is 0 Å². The summed E-state index contributed by atoms with van der Waals surface area (Å²) in [5, 5.41) is 51.7. The molecule has 10 atom stereocenters. The van der Waals surface area contributed by atoms with Crippen molar-refractivity contribution < 1.29 is 54.1 Å².